The zero-order valence-electron chi connectivity index (χ0n) is 13.0. The van der Waals surface area contributed by atoms with Crippen LogP contribution in [-0.2, 0) is 0 Å². The van der Waals surface area contributed by atoms with E-state index in [9.17, 15) is 5.11 Å². The molecule has 1 saturated carbocycles. The maximum Gasteiger partial charge on any atom is 0.0695 e. The molecule has 0 heterocycles. The van der Waals surface area contributed by atoms with Gasteiger partial charge in [-0.2, -0.15) is 0 Å². The standard InChI is InChI=1S/C17H27BrN2O/c1-3-14(19)17(12-8-4-5-9-13(12)18)20(2)15-10-6-7-11-16(15)21/h4-5,8-9,14-17,21H,3,6-7,10-11,19H2,1-2H3. The Balaban J connectivity index is 2.29. The lowest BCUT2D eigenvalue weighted by Crippen LogP contribution is -2.49. The van der Waals surface area contributed by atoms with Crippen molar-refractivity contribution >= 4 is 15.9 Å². The summed E-state index contributed by atoms with van der Waals surface area (Å²) in [5.41, 5.74) is 7.64. The van der Waals surface area contributed by atoms with Crippen molar-refractivity contribution in [3.05, 3.63) is 34.3 Å². The molecule has 2 rings (SSSR count). The van der Waals surface area contributed by atoms with Gasteiger partial charge in [-0.25, -0.2) is 0 Å². The average Bonchev–Trinajstić information content (AvgIpc) is 2.49. The minimum Gasteiger partial charge on any atom is -0.391 e. The van der Waals surface area contributed by atoms with Gasteiger partial charge in [0.2, 0.25) is 0 Å². The Bertz CT molecular complexity index is 454. The number of nitrogens with two attached hydrogens (primary N) is 1. The van der Waals surface area contributed by atoms with Crippen LogP contribution in [0.2, 0.25) is 0 Å². The molecule has 1 aromatic carbocycles. The van der Waals surface area contributed by atoms with E-state index in [1.807, 2.05) is 6.07 Å². The number of halogens is 1. The summed E-state index contributed by atoms with van der Waals surface area (Å²) in [4.78, 5) is 2.30. The van der Waals surface area contributed by atoms with Gasteiger partial charge in [-0.05, 0) is 37.9 Å². The van der Waals surface area contributed by atoms with Gasteiger partial charge in [0, 0.05) is 16.6 Å². The van der Waals surface area contributed by atoms with Crippen LogP contribution in [0.3, 0.4) is 0 Å². The monoisotopic (exact) mass is 354 g/mol. The van der Waals surface area contributed by atoms with Gasteiger partial charge in [-0.15, -0.1) is 0 Å². The quantitative estimate of drug-likeness (QED) is 0.850. The number of nitrogens with zero attached hydrogens (tertiary/aromatic N) is 1. The largest absolute Gasteiger partial charge is 0.391 e. The molecule has 4 unspecified atom stereocenters. The highest BCUT2D eigenvalue weighted by molar-refractivity contribution is 9.10. The van der Waals surface area contributed by atoms with E-state index < -0.39 is 0 Å². The highest BCUT2D eigenvalue weighted by atomic mass is 79.9. The van der Waals surface area contributed by atoms with E-state index in [0.29, 0.717) is 0 Å². The van der Waals surface area contributed by atoms with Crippen molar-refractivity contribution in [2.75, 3.05) is 7.05 Å². The van der Waals surface area contributed by atoms with E-state index in [1.165, 1.54) is 12.0 Å². The zero-order chi connectivity index (χ0) is 15.4. The van der Waals surface area contributed by atoms with Crippen LogP contribution in [0.15, 0.2) is 28.7 Å². The van der Waals surface area contributed by atoms with E-state index in [0.717, 1.165) is 30.2 Å². The van der Waals surface area contributed by atoms with E-state index >= 15 is 0 Å². The summed E-state index contributed by atoms with van der Waals surface area (Å²) < 4.78 is 1.09. The number of benzene rings is 1. The third-order valence-electron chi connectivity index (χ3n) is 4.76. The van der Waals surface area contributed by atoms with E-state index in [1.54, 1.807) is 0 Å². The Morgan fingerprint density at radius 3 is 2.62 bits per heavy atom. The van der Waals surface area contributed by atoms with Crippen molar-refractivity contribution in [3.63, 3.8) is 0 Å². The molecule has 4 atom stereocenters. The maximum atomic E-state index is 10.4. The molecule has 4 heteroatoms. The summed E-state index contributed by atoms with van der Waals surface area (Å²) >= 11 is 3.66. The second-order valence-corrected chi connectivity index (χ2v) is 6.98. The minimum atomic E-state index is -0.238. The summed E-state index contributed by atoms with van der Waals surface area (Å²) in [7, 11) is 2.11. The van der Waals surface area contributed by atoms with Gasteiger partial charge < -0.3 is 10.8 Å². The molecule has 0 aromatic heterocycles. The molecule has 0 radical (unpaired) electrons. The second kappa shape index (κ2) is 7.73. The fourth-order valence-electron chi connectivity index (χ4n) is 3.46. The third-order valence-corrected chi connectivity index (χ3v) is 5.48. The van der Waals surface area contributed by atoms with Gasteiger partial charge in [-0.3, -0.25) is 4.90 Å². The molecule has 1 aromatic rings. The summed E-state index contributed by atoms with van der Waals surface area (Å²) in [5, 5.41) is 10.4. The molecule has 21 heavy (non-hydrogen) atoms. The van der Waals surface area contributed by atoms with Crippen molar-refractivity contribution in [1.29, 1.82) is 0 Å². The maximum absolute atomic E-state index is 10.4. The first-order valence-corrected chi connectivity index (χ1v) is 8.75. The number of rotatable bonds is 5. The lowest BCUT2D eigenvalue weighted by Gasteiger charge is -2.42. The van der Waals surface area contributed by atoms with Crippen molar-refractivity contribution in [2.24, 2.45) is 5.73 Å². The SMILES string of the molecule is CCC(N)C(c1ccccc1Br)N(C)C1CCCCC1O. The smallest absolute Gasteiger partial charge is 0.0695 e. The van der Waals surface area contributed by atoms with Crippen molar-refractivity contribution in [2.45, 2.75) is 63.3 Å². The van der Waals surface area contributed by atoms with Crippen molar-refractivity contribution < 1.29 is 5.11 Å². The predicted molar refractivity (Wildman–Crippen MR) is 91.2 cm³/mol. The molecule has 0 amide bonds. The van der Waals surface area contributed by atoms with Crippen LogP contribution in [-0.4, -0.2) is 35.2 Å². The molecular formula is C17H27BrN2O. The fraction of sp³-hybridized carbons (Fsp3) is 0.647. The zero-order valence-corrected chi connectivity index (χ0v) is 14.6. The van der Waals surface area contributed by atoms with Crippen LogP contribution < -0.4 is 5.73 Å². The Labute approximate surface area is 136 Å². The van der Waals surface area contributed by atoms with Gasteiger partial charge in [0.1, 0.15) is 0 Å². The van der Waals surface area contributed by atoms with Gasteiger partial charge in [0.05, 0.1) is 12.1 Å². The first kappa shape index (κ1) is 16.9. The third kappa shape index (κ3) is 3.86. The minimum absolute atomic E-state index is 0.0582. The van der Waals surface area contributed by atoms with Crippen LogP contribution >= 0.6 is 15.9 Å². The molecule has 3 nitrogen and oxygen atoms in total. The van der Waals surface area contributed by atoms with Gasteiger partial charge in [0.15, 0.2) is 0 Å². The summed E-state index contributed by atoms with van der Waals surface area (Å²) in [6.45, 7) is 2.12. The van der Waals surface area contributed by atoms with Crippen LogP contribution in [0.25, 0.3) is 0 Å². The molecular weight excluding hydrogens is 328 g/mol. The molecule has 1 aliphatic rings. The van der Waals surface area contributed by atoms with Gasteiger partial charge in [-0.1, -0.05) is 53.9 Å². The topological polar surface area (TPSA) is 49.5 Å². The normalized spacial score (nSPS) is 25.8. The summed E-state index contributed by atoms with van der Waals surface area (Å²) in [6, 6.07) is 8.67. The van der Waals surface area contributed by atoms with E-state index in [2.05, 4.69) is 53.0 Å². The molecule has 1 aliphatic carbocycles. The Morgan fingerprint density at radius 2 is 2.00 bits per heavy atom. The molecule has 0 bridgehead atoms. The van der Waals surface area contributed by atoms with E-state index in [4.69, 9.17) is 5.73 Å². The van der Waals surface area contributed by atoms with Crippen LogP contribution in [0.4, 0.5) is 0 Å². The lowest BCUT2D eigenvalue weighted by molar-refractivity contribution is 0.00629. The number of aliphatic hydroxyl groups excluding tert-OH is 1. The molecule has 0 aliphatic heterocycles. The van der Waals surface area contributed by atoms with E-state index in [-0.39, 0.29) is 24.2 Å². The van der Waals surface area contributed by atoms with Crippen molar-refractivity contribution in [3.8, 4) is 0 Å². The number of aliphatic hydroxyl groups is 1. The molecule has 3 N–H and O–H groups in total. The molecule has 0 spiro atoms. The van der Waals surface area contributed by atoms with Crippen LogP contribution in [0.1, 0.15) is 50.6 Å². The lowest BCUT2D eigenvalue weighted by atomic mass is 9.88. The summed E-state index contributed by atoms with van der Waals surface area (Å²) in [6.07, 6.45) is 4.95. The highest BCUT2D eigenvalue weighted by Gasteiger charge is 2.34. The second-order valence-electron chi connectivity index (χ2n) is 6.12. The molecule has 0 saturated heterocycles. The molecule has 1 fully saturated rings. The van der Waals surface area contributed by atoms with Crippen LogP contribution in [0.5, 0.6) is 0 Å². The highest BCUT2D eigenvalue weighted by Crippen LogP contribution is 2.34. The first-order valence-electron chi connectivity index (χ1n) is 7.96. The Morgan fingerprint density at radius 1 is 1.33 bits per heavy atom. The Hall–Kier alpha value is -0.420. The fourth-order valence-corrected chi connectivity index (χ4v) is 3.98. The average molecular weight is 355 g/mol. The van der Waals surface area contributed by atoms with Gasteiger partial charge >= 0.3 is 0 Å². The number of likely N-dealkylation sites (N-methyl/N-ethyl adjacent to an activating group) is 1. The molecule has 118 valence electrons. The first-order chi connectivity index (χ1) is 10.1. The van der Waals surface area contributed by atoms with Crippen molar-refractivity contribution in [1.82, 2.24) is 4.90 Å². The number of hydrogen-bond acceptors (Lipinski definition) is 3. The predicted octanol–water partition coefficient (Wildman–Crippen LogP) is 3.46. The van der Waals surface area contributed by atoms with Gasteiger partial charge in [0.25, 0.3) is 0 Å². The Kier molecular flexibility index (Phi) is 6.23. The summed E-state index contributed by atoms with van der Waals surface area (Å²) in [5.74, 6) is 0. The number of hydrogen-bond donors (Lipinski definition) is 2. The van der Waals surface area contributed by atoms with Crippen LogP contribution in [0, 0.1) is 0 Å².